The van der Waals surface area contributed by atoms with Gasteiger partial charge in [0.25, 0.3) is 0 Å². The molecule has 0 saturated heterocycles. The van der Waals surface area contributed by atoms with E-state index in [4.69, 9.17) is 5.73 Å². The molecule has 2 aliphatic rings. The Morgan fingerprint density at radius 1 is 1.33 bits per heavy atom. The SMILES string of the molecule is CC(C)CN(c1ccc2c(c1)NC(=O)C2N)C1CCCC1. The number of nitrogens with one attached hydrogen (secondary N) is 1. The van der Waals surface area contributed by atoms with E-state index in [0.717, 1.165) is 17.8 Å². The van der Waals surface area contributed by atoms with Crippen LogP contribution < -0.4 is 16.0 Å². The molecule has 0 radical (unpaired) electrons. The Kier molecular flexibility index (Phi) is 3.89. The van der Waals surface area contributed by atoms with Gasteiger partial charge in [-0.2, -0.15) is 0 Å². The molecule has 1 amide bonds. The molecule has 4 heteroatoms. The summed E-state index contributed by atoms with van der Waals surface area (Å²) in [5.74, 6) is 0.522. The lowest BCUT2D eigenvalue weighted by Crippen LogP contribution is -2.36. The van der Waals surface area contributed by atoms with Crippen LogP contribution in [0.3, 0.4) is 0 Å². The summed E-state index contributed by atoms with van der Waals surface area (Å²) in [4.78, 5) is 14.2. The van der Waals surface area contributed by atoms with E-state index in [1.807, 2.05) is 6.07 Å². The molecule has 1 heterocycles. The number of hydrogen-bond acceptors (Lipinski definition) is 3. The monoisotopic (exact) mass is 287 g/mol. The van der Waals surface area contributed by atoms with Gasteiger partial charge in [-0.25, -0.2) is 0 Å². The Bertz CT molecular complexity index is 535. The third-order valence-electron chi connectivity index (χ3n) is 4.57. The molecule has 1 aliphatic carbocycles. The van der Waals surface area contributed by atoms with E-state index < -0.39 is 6.04 Å². The van der Waals surface area contributed by atoms with Crippen molar-refractivity contribution in [3.05, 3.63) is 23.8 Å². The molecular formula is C17H25N3O. The van der Waals surface area contributed by atoms with Crippen molar-refractivity contribution in [2.75, 3.05) is 16.8 Å². The number of fused-ring (bicyclic) bond motifs is 1. The highest BCUT2D eigenvalue weighted by atomic mass is 16.2. The minimum absolute atomic E-state index is 0.0987. The lowest BCUT2D eigenvalue weighted by Gasteiger charge is -2.33. The average molecular weight is 287 g/mol. The summed E-state index contributed by atoms with van der Waals surface area (Å²) in [7, 11) is 0. The molecule has 1 unspecified atom stereocenters. The van der Waals surface area contributed by atoms with Gasteiger partial charge in [0.2, 0.25) is 5.91 Å². The van der Waals surface area contributed by atoms with Crippen LogP contribution in [-0.2, 0) is 4.79 Å². The fourth-order valence-electron chi connectivity index (χ4n) is 3.53. The van der Waals surface area contributed by atoms with E-state index >= 15 is 0 Å². The van der Waals surface area contributed by atoms with Gasteiger partial charge in [-0.1, -0.05) is 32.8 Å². The Hall–Kier alpha value is -1.55. The van der Waals surface area contributed by atoms with Crippen LogP contribution in [0, 0.1) is 5.92 Å². The van der Waals surface area contributed by atoms with Crippen LogP contribution >= 0.6 is 0 Å². The first-order valence-electron chi connectivity index (χ1n) is 8.03. The second-order valence-corrected chi connectivity index (χ2v) is 6.72. The molecule has 114 valence electrons. The Morgan fingerprint density at radius 3 is 2.71 bits per heavy atom. The van der Waals surface area contributed by atoms with E-state index in [2.05, 4.69) is 36.2 Å². The first-order valence-corrected chi connectivity index (χ1v) is 8.03. The zero-order valence-corrected chi connectivity index (χ0v) is 12.9. The van der Waals surface area contributed by atoms with E-state index in [1.54, 1.807) is 0 Å². The molecule has 0 aromatic heterocycles. The number of benzene rings is 1. The zero-order valence-electron chi connectivity index (χ0n) is 12.9. The van der Waals surface area contributed by atoms with Crippen molar-refractivity contribution >= 4 is 17.3 Å². The highest BCUT2D eigenvalue weighted by molar-refractivity contribution is 6.02. The number of nitrogens with two attached hydrogens (primary N) is 1. The van der Waals surface area contributed by atoms with E-state index in [0.29, 0.717) is 12.0 Å². The fourth-order valence-corrected chi connectivity index (χ4v) is 3.53. The van der Waals surface area contributed by atoms with Crippen molar-refractivity contribution in [3.63, 3.8) is 0 Å². The minimum Gasteiger partial charge on any atom is -0.368 e. The van der Waals surface area contributed by atoms with E-state index in [1.165, 1.54) is 31.4 Å². The van der Waals surface area contributed by atoms with Crippen LogP contribution in [0.4, 0.5) is 11.4 Å². The van der Waals surface area contributed by atoms with Gasteiger partial charge >= 0.3 is 0 Å². The predicted octanol–water partition coefficient (Wildman–Crippen LogP) is 3.04. The van der Waals surface area contributed by atoms with Crippen molar-refractivity contribution in [1.29, 1.82) is 0 Å². The number of rotatable bonds is 4. The predicted molar refractivity (Wildman–Crippen MR) is 86.4 cm³/mol. The molecule has 1 fully saturated rings. The third-order valence-corrected chi connectivity index (χ3v) is 4.57. The van der Waals surface area contributed by atoms with Crippen molar-refractivity contribution in [3.8, 4) is 0 Å². The van der Waals surface area contributed by atoms with Crippen molar-refractivity contribution < 1.29 is 4.79 Å². The zero-order chi connectivity index (χ0) is 15.0. The van der Waals surface area contributed by atoms with Gasteiger partial charge in [0.15, 0.2) is 0 Å². The van der Waals surface area contributed by atoms with Gasteiger partial charge < -0.3 is 16.0 Å². The first-order chi connectivity index (χ1) is 10.1. The summed E-state index contributed by atoms with van der Waals surface area (Å²) in [6, 6.07) is 6.35. The van der Waals surface area contributed by atoms with Gasteiger partial charge in [0.1, 0.15) is 6.04 Å². The molecule has 1 atom stereocenters. The molecule has 21 heavy (non-hydrogen) atoms. The summed E-state index contributed by atoms with van der Waals surface area (Å²) < 4.78 is 0. The third kappa shape index (κ3) is 2.77. The molecule has 3 rings (SSSR count). The van der Waals surface area contributed by atoms with Gasteiger partial charge in [-0.05, 0) is 30.9 Å². The van der Waals surface area contributed by atoms with Crippen molar-refractivity contribution in [2.45, 2.75) is 51.6 Å². The van der Waals surface area contributed by atoms with Gasteiger partial charge in [0, 0.05) is 29.5 Å². The summed E-state index contributed by atoms with van der Waals surface area (Å²) in [5.41, 5.74) is 8.91. The van der Waals surface area contributed by atoms with Gasteiger partial charge in [0.05, 0.1) is 0 Å². The van der Waals surface area contributed by atoms with Crippen LogP contribution in [0.25, 0.3) is 0 Å². The summed E-state index contributed by atoms with van der Waals surface area (Å²) in [6.45, 7) is 5.57. The van der Waals surface area contributed by atoms with Crippen LogP contribution in [0.1, 0.15) is 51.1 Å². The molecule has 1 aromatic rings. The largest absolute Gasteiger partial charge is 0.368 e. The van der Waals surface area contributed by atoms with Crippen molar-refractivity contribution in [2.24, 2.45) is 11.7 Å². The van der Waals surface area contributed by atoms with Crippen molar-refractivity contribution in [1.82, 2.24) is 0 Å². The first kappa shape index (κ1) is 14.4. The number of nitrogens with zero attached hydrogens (tertiary/aromatic N) is 1. The number of carbonyl (C=O) groups is 1. The second-order valence-electron chi connectivity index (χ2n) is 6.72. The van der Waals surface area contributed by atoms with Gasteiger partial charge in [-0.15, -0.1) is 0 Å². The Labute approximate surface area is 126 Å². The second kappa shape index (κ2) is 5.68. The van der Waals surface area contributed by atoms with Crippen LogP contribution in [0.15, 0.2) is 18.2 Å². The van der Waals surface area contributed by atoms with Crippen LogP contribution in [-0.4, -0.2) is 18.5 Å². The van der Waals surface area contributed by atoms with Crippen LogP contribution in [0.2, 0.25) is 0 Å². The highest BCUT2D eigenvalue weighted by Gasteiger charge is 2.29. The molecule has 4 nitrogen and oxygen atoms in total. The lowest BCUT2D eigenvalue weighted by molar-refractivity contribution is -0.116. The molecule has 3 N–H and O–H groups in total. The fraction of sp³-hybridized carbons (Fsp3) is 0.588. The Balaban J connectivity index is 1.89. The normalized spacial score (nSPS) is 21.7. The van der Waals surface area contributed by atoms with E-state index in [-0.39, 0.29) is 5.91 Å². The highest BCUT2D eigenvalue weighted by Crippen LogP contribution is 2.35. The number of anilines is 2. The standard InChI is InChI=1S/C17H25N3O/c1-11(2)10-20(12-5-3-4-6-12)13-7-8-14-15(9-13)19-17(21)16(14)18/h7-9,11-12,16H,3-6,10,18H2,1-2H3,(H,19,21). The summed E-state index contributed by atoms with van der Waals surface area (Å²) >= 11 is 0. The topological polar surface area (TPSA) is 58.4 Å². The number of amides is 1. The number of hydrogen-bond donors (Lipinski definition) is 2. The molecule has 0 bridgehead atoms. The summed E-state index contributed by atoms with van der Waals surface area (Å²) in [5, 5.41) is 2.90. The molecule has 0 spiro atoms. The Morgan fingerprint density at radius 2 is 2.05 bits per heavy atom. The smallest absolute Gasteiger partial charge is 0.245 e. The maximum absolute atomic E-state index is 11.7. The lowest BCUT2D eigenvalue weighted by atomic mass is 10.1. The summed E-state index contributed by atoms with van der Waals surface area (Å²) in [6.07, 6.45) is 5.20. The number of carbonyl (C=O) groups excluding carboxylic acids is 1. The maximum Gasteiger partial charge on any atom is 0.245 e. The van der Waals surface area contributed by atoms with E-state index in [9.17, 15) is 4.79 Å². The quantitative estimate of drug-likeness (QED) is 0.895. The molecule has 1 aromatic carbocycles. The molecule has 1 saturated carbocycles. The molecular weight excluding hydrogens is 262 g/mol. The molecule has 1 aliphatic heterocycles. The van der Waals surface area contributed by atoms with Gasteiger partial charge in [-0.3, -0.25) is 4.79 Å². The minimum atomic E-state index is -0.515. The maximum atomic E-state index is 11.7. The van der Waals surface area contributed by atoms with Crippen LogP contribution in [0.5, 0.6) is 0 Å². The average Bonchev–Trinajstić information content (AvgIpc) is 3.05.